The molecule has 1 saturated heterocycles. The fourth-order valence-corrected chi connectivity index (χ4v) is 4.98. The van der Waals surface area contributed by atoms with Gasteiger partial charge < -0.3 is 14.8 Å². The second-order valence-corrected chi connectivity index (χ2v) is 9.24. The minimum Gasteiger partial charge on any atom is -0.465 e. The fourth-order valence-electron chi connectivity index (χ4n) is 4.98. The third-order valence-corrected chi connectivity index (χ3v) is 6.17. The van der Waals surface area contributed by atoms with Gasteiger partial charge in [-0.25, -0.2) is 9.18 Å². The van der Waals surface area contributed by atoms with Crippen molar-refractivity contribution in [2.24, 2.45) is 0 Å². The van der Waals surface area contributed by atoms with Crippen molar-refractivity contribution in [1.82, 2.24) is 19.4 Å². The highest BCUT2D eigenvalue weighted by Gasteiger charge is 2.41. The van der Waals surface area contributed by atoms with Gasteiger partial charge >= 0.3 is 6.09 Å². The lowest BCUT2D eigenvalue weighted by molar-refractivity contribution is -0.0361. The van der Waals surface area contributed by atoms with Gasteiger partial charge in [-0.1, -0.05) is 0 Å². The molecule has 1 unspecified atom stereocenters. The number of nitrogens with zero attached hydrogens (tertiary/aromatic N) is 4. The van der Waals surface area contributed by atoms with E-state index in [4.69, 9.17) is 0 Å². The van der Waals surface area contributed by atoms with E-state index in [2.05, 4.69) is 4.98 Å². The summed E-state index contributed by atoms with van der Waals surface area (Å²) in [5.74, 6) is -0.655. The van der Waals surface area contributed by atoms with Gasteiger partial charge in [0.25, 0.3) is 5.56 Å². The molecule has 0 aliphatic carbocycles. The number of hydrogen-bond donors (Lipinski definition) is 2. The summed E-state index contributed by atoms with van der Waals surface area (Å²) in [5.41, 5.74) is 0.831. The molecule has 0 saturated carbocycles. The van der Waals surface area contributed by atoms with Crippen molar-refractivity contribution >= 4 is 17.1 Å². The highest BCUT2D eigenvalue weighted by molar-refractivity contribution is 5.80. The van der Waals surface area contributed by atoms with Crippen LogP contribution in [0.1, 0.15) is 38.7 Å². The van der Waals surface area contributed by atoms with E-state index in [1.807, 2.05) is 25.7 Å². The summed E-state index contributed by atoms with van der Waals surface area (Å²) >= 11 is 0. The van der Waals surface area contributed by atoms with Crippen molar-refractivity contribution < 1.29 is 19.4 Å². The summed E-state index contributed by atoms with van der Waals surface area (Å²) in [5, 5.41) is 20.4. The van der Waals surface area contributed by atoms with E-state index in [0.29, 0.717) is 49.2 Å². The molecule has 2 aromatic rings. The molecular formula is C21H27FN4O4. The first-order valence-corrected chi connectivity index (χ1v) is 10.2. The normalized spacial score (nSPS) is 24.4. The van der Waals surface area contributed by atoms with Gasteiger partial charge in [0.15, 0.2) is 0 Å². The molecule has 1 amide bonds. The number of carbonyl (C=O) groups is 1. The number of hydrogen-bond acceptors (Lipinski definition) is 5. The summed E-state index contributed by atoms with van der Waals surface area (Å²) in [6, 6.07) is 2.56. The molecule has 0 bridgehead atoms. The minimum atomic E-state index is -1.05. The monoisotopic (exact) mass is 418 g/mol. The van der Waals surface area contributed by atoms with Gasteiger partial charge in [0, 0.05) is 49.3 Å². The SMILES string of the molecule is CC(C)(C)N(C(=O)O)[C@H]1CCN(CC2Cn3c(=O)ccc4ncc(F)c2c43)C[C@H]1O. The van der Waals surface area contributed by atoms with Crippen molar-refractivity contribution in [3.05, 3.63) is 40.1 Å². The van der Waals surface area contributed by atoms with Crippen LogP contribution in [0, 0.1) is 5.82 Å². The third-order valence-electron chi connectivity index (χ3n) is 6.17. The first kappa shape index (κ1) is 20.7. The van der Waals surface area contributed by atoms with E-state index >= 15 is 0 Å². The maximum Gasteiger partial charge on any atom is 0.408 e. The minimum absolute atomic E-state index is 0.181. The number of halogens is 1. The zero-order valence-electron chi connectivity index (χ0n) is 17.4. The predicted molar refractivity (Wildman–Crippen MR) is 109 cm³/mol. The van der Waals surface area contributed by atoms with Gasteiger partial charge in [0.2, 0.25) is 0 Å². The van der Waals surface area contributed by atoms with E-state index in [0.717, 1.165) is 0 Å². The molecule has 0 spiro atoms. The van der Waals surface area contributed by atoms with Crippen LogP contribution in [0.15, 0.2) is 23.1 Å². The molecule has 9 heteroatoms. The van der Waals surface area contributed by atoms with E-state index < -0.39 is 29.6 Å². The Labute approximate surface area is 173 Å². The number of β-amino-alcohol motifs (C(OH)–C–C–N with tert-alkyl or cyclic N) is 1. The number of pyridine rings is 2. The Hall–Kier alpha value is -2.52. The molecule has 4 heterocycles. The van der Waals surface area contributed by atoms with E-state index in [-0.39, 0.29) is 11.5 Å². The number of amides is 1. The molecule has 3 atom stereocenters. The number of carboxylic acid groups (broad SMARTS) is 1. The molecule has 4 rings (SSSR count). The topological polar surface area (TPSA) is 98.9 Å². The highest BCUT2D eigenvalue weighted by atomic mass is 19.1. The standard InChI is InChI=1S/C21H27FN4O4/c1-21(2,3)26(20(29)30)15-6-7-24(11-16(15)27)9-12-10-25-17(28)5-4-14-19(25)18(12)13(22)8-23-14/h4-5,8,12,15-16,27H,6-7,9-11H2,1-3H3,(H,29,30)/t12?,15-,16+/m0/s1. The summed E-state index contributed by atoms with van der Waals surface area (Å²) in [6.45, 7) is 7.15. The molecular weight excluding hydrogens is 391 g/mol. The third kappa shape index (κ3) is 3.45. The smallest absolute Gasteiger partial charge is 0.408 e. The molecule has 30 heavy (non-hydrogen) atoms. The van der Waals surface area contributed by atoms with Crippen LogP contribution in [-0.4, -0.2) is 73.0 Å². The number of rotatable bonds is 3. The quantitative estimate of drug-likeness (QED) is 0.789. The summed E-state index contributed by atoms with van der Waals surface area (Å²) < 4.78 is 16.2. The molecule has 0 aromatic carbocycles. The lowest BCUT2D eigenvalue weighted by atomic mass is 9.93. The first-order valence-electron chi connectivity index (χ1n) is 10.2. The number of likely N-dealkylation sites (tertiary alicyclic amines) is 1. The Morgan fingerprint density at radius 1 is 1.33 bits per heavy atom. The molecule has 0 radical (unpaired) electrons. The van der Waals surface area contributed by atoms with Crippen molar-refractivity contribution in [1.29, 1.82) is 0 Å². The Bertz CT molecular complexity index is 1050. The Morgan fingerprint density at radius 3 is 2.70 bits per heavy atom. The van der Waals surface area contributed by atoms with Crippen molar-refractivity contribution in [3.63, 3.8) is 0 Å². The second-order valence-electron chi connectivity index (χ2n) is 9.24. The number of aliphatic hydroxyl groups excluding tert-OH is 1. The molecule has 2 N–H and O–H groups in total. The molecule has 2 aromatic heterocycles. The Morgan fingerprint density at radius 2 is 2.07 bits per heavy atom. The van der Waals surface area contributed by atoms with Gasteiger partial charge in [0.05, 0.1) is 29.4 Å². The Balaban J connectivity index is 1.53. The lowest BCUT2D eigenvalue weighted by Crippen LogP contribution is -2.60. The summed E-state index contributed by atoms with van der Waals surface area (Å²) in [6.07, 6.45) is -0.215. The lowest BCUT2D eigenvalue weighted by Gasteiger charge is -2.46. The molecule has 2 aliphatic heterocycles. The summed E-state index contributed by atoms with van der Waals surface area (Å²) in [4.78, 5) is 31.5. The van der Waals surface area contributed by atoms with Gasteiger partial charge in [0.1, 0.15) is 5.82 Å². The van der Waals surface area contributed by atoms with E-state index in [9.17, 15) is 24.2 Å². The van der Waals surface area contributed by atoms with Crippen LogP contribution in [-0.2, 0) is 6.54 Å². The van der Waals surface area contributed by atoms with Gasteiger partial charge in [-0.05, 0) is 33.3 Å². The van der Waals surface area contributed by atoms with Gasteiger partial charge in [-0.15, -0.1) is 0 Å². The zero-order chi connectivity index (χ0) is 21.8. The van der Waals surface area contributed by atoms with E-state index in [1.165, 1.54) is 17.2 Å². The van der Waals surface area contributed by atoms with E-state index in [1.54, 1.807) is 10.6 Å². The number of aromatic nitrogens is 2. The van der Waals surface area contributed by atoms with Crippen LogP contribution in [0.3, 0.4) is 0 Å². The average Bonchev–Trinajstić information content (AvgIpc) is 3.02. The Kier molecular flexibility index (Phi) is 5.06. The number of aliphatic hydroxyl groups is 1. The molecule has 162 valence electrons. The van der Waals surface area contributed by atoms with Crippen LogP contribution >= 0.6 is 0 Å². The van der Waals surface area contributed by atoms with Crippen LogP contribution in [0.2, 0.25) is 0 Å². The molecule has 8 nitrogen and oxygen atoms in total. The van der Waals surface area contributed by atoms with Crippen LogP contribution in [0.4, 0.5) is 9.18 Å². The first-order chi connectivity index (χ1) is 14.1. The van der Waals surface area contributed by atoms with Crippen molar-refractivity contribution in [2.75, 3.05) is 19.6 Å². The van der Waals surface area contributed by atoms with Crippen LogP contribution in [0.5, 0.6) is 0 Å². The van der Waals surface area contributed by atoms with Gasteiger partial charge in [-0.3, -0.25) is 19.6 Å². The maximum absolute atomic E-state index is 14.6. The maximum atomic E-state index is 14.6. The fraction of sp³-hybridized carbons (Fsp3) is 0.571. The van der Waals surface area contributed by atoms with Gasteiger partial charge in [-0.2, -0.15) is 0 Å². The predicted octanol–water partition coefficient (Wildman–Crippen LogP) is 1.85. The average molecular weight is 418 g/mol. The number of piperidine rings is 1. The van der Waals surface area contributed by atoms with Crippen molar-refractivity contribution in [3.8, 4) is 0 Å². The molecule has 2 aliphatic rings. The second kappa shape index (κ2) is 7.31. The molecule has 1 fully saturated rings. The largest absolute Gasteiger partial charge is 0.465 e. The summed E-state index contributed by atoms with van der Waals surface area (Å²) in [7, 11) is 0. The van der Waals surface area contributed by atoms with Crippen LogP contribution < -0.4 is 5.56 Å². The highest BCUT2D eigenvalue weighted by Crippen LogP contribution is 2.35. The van der Waals surface area contributed by atoms with Crippen molar-refractivity contribution in [2.45, 2.75) is 57.3 Å². The van der Waals surface area contributed by atoms with Crippen LogP contribution in [0.25, 0.3) is 11.0 Å². The zero-order valence-corrected chi connectivity index (χ0v) is 17.4.